The summed E-state index contributed by atoms with van der Waals surface area (Å²) >= 11 is 1.19. The first-order chi connectivity index (χ1) is 14.1. The molecule has 0 aliphatic carbocycles. The predicted octanol–water partition coefficient (Wildman–Crippen LogP) is 3.64. The van der Waals surface area contributed by atoms with E-state index in [9.17, 15) is 14.9 Å². The zero-order valence-electron chi connectivity index (χ0n) is 15.8. The van der Waals surface area contributed by atoms with Crippen LogP contribution in [0, 0.1) is 10.1 Å². The number of non-ortho nitro benzene ring substituents is 1. The maximum atomic E-state index is 12.2. The molecule has 0 unspecified atom stereocenters. The number of hydrogen-bond donors (Lipinski definition) is 1. The third-order valence-corrected chi connectivity index (χ3v) is 5.03. The number of rotatable bonds is 9. The molecule has 0 spiro atoms. The number of nitrogens with one attached hydrogen (secondary N) is 1. The van der Waals surface area contributed by atoms with Crippen LogP contribution >= 0.6 is 11.8 Å². The maximum Gasteiger partial charge on any atom is 0.271 e. The smallest absolute Gasteiger partial charge is 0.271 e. The Morgan fingerprint density at radius 1 is 1.24 bits per heavy atom. The lowest BCUT2D eigenvalue weighted by Crippen LogP contribution is -2.14. The molecule has 150 valence electrons. The molecule has 0 bridgehead atoms. The molecule has 1 N–H and O–H groups in total. The van der Waals surface area contributed by atoms with Crippen molar-refractivity contribution in [2.45, 2.75) is 31.3 Å². The Hall–Kier alpha value is -3.27. The molecule has 1 heterocycles. The summed E-state index contributed by atoms with van der Waals surface area (Å²) in [6.45, 7) is 2.16. The molecule has 1 aromatic heterocycles. The van der Waals surface area contributed by atoms with Crippen molar-refractivity contribution in [1.29, 1.82) is 0 Å². The third kappa shape index (κ3) is 5.61. The van der Waals surface area contributed by atoms with Gasteiger partial charge in [0.2, 0.25) is 11.1 Å². The molecule has 2 aromatic carbocycles. The number of tetrazole rings is 1. The van der Waals surface area contributed by atoms with E-state index in [0.29, 0.717) is 10.8 Å². The van der Waals surface area contributed by atoms with Crippen LogP contribution in [0.15, 0.2) is 53.7 Å². The summed E-state index contributed by atoms with van der Waals surface area (Å²) in [4.78, 5) is 22.5. The topological polar surface area (TPSA) is 116 Å². The number of amides is 1. The van der Waals surface area contributed by atoms with Crippen LogP contribution in [0.25, 0.3) is 5.69 Å². The van der Waals surface area contributed by atoms with Crippen molar-refractivity contribution in [3.63, 3.8) is 0 Å². The fourth-order valence-electron chi connectivity index (χ4n) is 2.64. The van der Waals surface area contributed by atoms with E-state index >= 15 is 0 Å². The van der Waals surface area contributed by atoms with E-state index < -0.39 is 4.92 Å². The number of carbonyl (C=O) groups excluding carboxylic acids is 1. The highest BCUT2D eigenvalue weighted by atomic mass is 32.2. The van der Waals surface area contributed by atoms with E-state index in [2.05, 4.69) is 39.9 Å². The molecule has 10 heteroatoms. The Kier molecular flexibility index (Phi) is 6.90. The minimum Gasteiger partial charge on any atom is -0.325 e. The molecule has 0 fully saturated rings. The second-order valence-corrected chi connectivity index (χ2v) is 7.23. The summed E-state index contributed by atoms with van der Waals surface area (Å²) in [5, 5.41) is 25.6. The first-order valence-electron chi connectivity index (χ1n) is 9.11. The van der Waals surface area contributed by atoms with Crippen LogP contribution in [-0.2, 0) is 11.2 Å². The summed E-state index contributed by atoms with van der Waals surface area (Å²) < 4.78 is 1.58. The van der Waals surface area contributed by atoms with Crippen LogP contribution < -0.4 is 5.32 Å². The highest BCUT2D eigenvalue weighted by Crippen LogP contribution is 2.21. The largest absolute Gasteiger partial charge is 0.325 e. The van der Waals surface area contributed by atoms with Gasteiger partial charge in [0.25, 0.3) is 5.69 Å². The molecule has 0 saturated carbocycles. The van der Waals surface area contributed by atoms with Gasteiger partial charge in [0.1, 0.15) is 0 Å². The highest BCUT2D eigenvalue weighted by molar-refractivity contribution is 7.99. The summed E-state index contributed by atoms with van der Waals surface area (Å²) in [7, 11) is 0. The number of aromatic nitrogens is 4. The van der Waals surface area contributed by atoms with Gasteiger partial charge in [0, 0.05) is 17.8 Å². The SMILES string of the molecule is CCCCc1ccc(-n2nnnc2SCC(=O)Nc2cccc([N+](=O)[O-])c2)cc1. The second-order valence-electron chi connectivity index (χ2n) is 6.29. The predicted molar refractivity (Wildman–Crippen MR) is 110 cm³/mol. The first kappa shape index (κ1) is 20.5. The Balaban J connectivity index is 1.61. The number of nitro benzene ring substituents is 1. The van der Waals surface area contributed by atoms with Gasteiger partial charge >= 0.3 is 0 Å². The van der Waals surface area contributed by atoms with E-state index in [-0.39, 0.29) is 17.3 Å². The van der Waals surface area contributed by atoms with Gasteiger partial charge in [-0.3, -0.25) is 14.9 Å². The van der Waals surface area contributed by atoms with Gasteiger partial charge in [-0.15, -0.1) is 5.10 Å². The fourth-order valence-corrected chi connectivity index (χ4v) is 3.33. The number of nitro groups is 1. The normalized spacial score (nSPS) is 10.7. The molecule has 29 heavy (non-hydrogen) atoms. The number of benzene rings is 2. The maximum absolute atomic E-state index is 12.2. The van der Waals surface area contributed by atoms with Crippen molar-refractivity contribution >= 4 is 29.0 Å². The van der Waals surface area contributed by atoms with Crippen LogP contribution in [0.3, 0.4) is 0 Å². The number of thioether (sulfide) groups is 1. The van der Waals surface area contributed by atoms with Gasteiger partial charge in [-0.2, -0.15) is 4.68 Å². The van der Waals surface area contributed by atoms with Crippen molar-refractivity contribution < 1.29 is 9.72 Å². The van der Waals surface area contributed by atoms with Gasteiger partial charge in [0.15, 0.2) is 0 Å². The van der Waals surface area contributed by atoms with Crippen LogP contribution in [0.5, 0.6) is 0 Å². The zero-order valence-corrected chi connectivity index (χ0v) is 16.6. The molecule has 0 radical (unpaired) electrons. The van der Waals surface area contributed by atoms with Crippen molar-refractivity contribution in [3.8, 4) is 5.69 Å². The van der Waals surface area contributed by atoms with Gasteiger partial charge in [-0.25, -0.2) is 0 Å². The highest BCUT2D eigenvalue weighted by Gasteiger charge is 2.13. The average Bonchev–Trinajstić information content (AvgIpc) is 3.20. The lowest BCUT2D eigenvalue weighted by molar-refractivity contribution is -0.384. The number of nitrogens with zero attached hydrogens (tertiary/aromatic N) is 5. The molecular weight excluding hydrogens is 392 g/mol. The van der Waals surface area contributed by atoms with Gasteiger partial charge < -0.3 is 5.32 Å². The summed E-state index contributed by atoms with van der Waals surface area (Å²) in [5.41, 5.74) is 2.36. The molecule has 9 nitrogen and oxygen atoms in total. The molecular formula is C19H20N6O3S. The molecule has 0 aliphatic rings. The third-order valence-electron chi connectivity index (χ3n) is 4.11. The molecule has 0 atom stereocenters. The average molecular weight is 412 g/mol. The van der Waals surface area contributed by atoms with Crippen LogP contribution in [0.4, 0.5) is 11.4 Å². The fraction of sp³-hybridized carbons (Fsp3) is 0.263. The summed E-state index contributed by atoms with van der Waals surface area (Å²) in [5.74, 6) is -0.238. The van der Waals surface area contributed by atoms with Crippen molar-refractivity contribution in [3.05, 3.63) is 64.2 Å². The van der Waals surface area contributed by atoms with Gasteiger partial charge in [0.05, 0.1) is 16.4 Å². The van der Waals surface area contributed by atoms with E-state index in [4.69, 9.17) is 0 Å². The lowest BCUT2D eigenvalue weighted by atomic mass is 10.1. The molecule has 3 rings (SSSR count). The van der Waals surface area contributed by atoms with Crippen LogP contribution in [-0.4, -0.2) is 36.8 Å². The van der Waals surface area contributed by atoms with Crippen LogP contribution in [0.2, 0.25) is 0 Å². The second kappa shape index (κ2) is 9.78. The Labute approximate surface area is 171 Å². The number of anilines is 1. The standard InChI is InChI=1S/C19H20N6O3S/c1-2-3-5-14-8-10-16(11-9-14)24-19(21-22-23-24)29-13-18(26)20-15-6-4-7-17(12-15)25(27)28/h4,6-12H,2-3,5,13H2,1H3,(H,20,26). The van der Waals surface area contributed by atoms with E-state index in [1.165, 1.54) is 35.5 Å². The quantitative estimate of drug-likeness (QED) is 0.324. The minimum atomic E-state index is -0.508. The summed E-state index contributed by atoms with van der Waals surface area (Å²) in [6.07, 6.45) is 3.32. The molecule has 3 aromatic rings. The molecule has 1 amide bonds. The number of aryl methyl sites for hydroxylation is 1. The van der Waals surface area contributed by atoms with Gasteiger partial charge in [-0.05, 0) is 47.0 Å². The Morgan fingerprint density at radius 2 is 2.03 bits per heavy atom. The number of unbranched alkanes of at least 4 members (excludes halogenated alkanes) is 1. The number of hydrogen-bond acceptors (Lipinski definition) is 7. The van der Waals surface area contributed by atoms with Gasteiger partial charge in [-0.1, -0.05) is 43.3 Å². The van der Waals surface area contributed by atoms with Crippen LogP contribution in [0.1, 0.15) is 25.3 Å². The lowest BCUT2D eigenvalue weighted by Gasteiger charge is -2.07. The number of carbonyl (C=O) groups is 1. The zero-order chi connectivity index (χ0) is 20.6. The Bertz CT molecular complexity index is 990. The monoisotopic (exact) mass is 412 g/mol. The van der Waals surface area contributed by atoms with Crippen molar-refractivity contribution in [2.75, 3.05) is 11.1 Å². The summed E-state index contributed by atoms with van der Waals surface area (Å²) in [6, 6.07) is 13.8. The van der Waals surface area contributed by atoms with E-state index in [0.717, 1.165) is 24.9 Å². The Morgan fingerprint density at radius 3 is 2.76 bits per heavy atom. The molecule has 0 aliphatic heterocycles. The van der Waals surface area contributed by atoms with E-state index in [1.54, 1.807) is 10.7 Å². The first-order valence-corrected chi connectivity index (χ1v) is 10.1. The van der Waals surface area contributed by atoms with Crippen molar-refractivity contribution in [1.82, 2.24) is 20.2 Å². The van der Waals surface area contributed by atoms with E-state index in [1.807, 2.05) is 12.1 Å². The minimum absolute atomic E-state index is 0.0671. The molecule has 0 saturated heterocycles. The van der Waals surface area contributed by atoms with Crippen molar-refractivity contribution in [2.24, 2.45) is 0 Å².